The fraction of sp³-hybridized carbons (Fsp3) is 0.533. The molecule has 1 heterocycles. The van der Waals surface area contributed by atoms with Gasteiger partial charge in [-0.1, -0.05) is 44.2 Å². The van der Waals surface area contributed by atoms with E-state index in [9.17, 15) is 9.90 Å². The van der Waals surface area contributed by atoms with Gasteiger partial charge in [0.05, 0.1) is 0 Å². The van der Waals surface area contributed by atoms with Gasteiger partial charge in [-0.05, 0) is 17.9 Å². The maximum Gasteiger partial charge on any atom is 0.325 e. The Morgan fingerprint density at radius 1 is 1.37 bits per heavy atom. The molecule has 1 aromatic carbocycles. The Kier molecular flexibility index (Phi) is 3.92. The van der Waals surface area contributed by atoms with Crippen LogP contribution in [0.3, 0.4) is 0 Å². The lowest BCUT2D eigenvalue weighted by atomic mass is 9.94. The number of carboxylic acid groups (broad SMARTS) is 1. The smallest absolute Gasteiger partial charge is 0.325 e. The number of nitrogens with zero attached hydrogens (tertiary/aromatic N) is 1. The van der Waals surface area contributed by atoms with E-state index < -0.39 is 11.5 Å². The minimum absolute atomic E-state index is 0.228. The number of likely N-dealkylation sites (tertiary alicyclic amines) is 1. The van der Waals surface area contributed by atoms with E-state index in [4.69, 9.17) is 5.73 Å². The van der Waals surface area contributed by atoms with Crippen molar-refractivity contribution in [2.24, 2.45) is 11.7 Å². The Morgan fingerprint density at radius 3 is 2.47 bits per heavy atom. The molecule has 2 unspecified atom stereocenters. The summed E-state index contributed by atoms with van der Waals surface area (Å²) in [7, 11) is 0. The number of carbonyl (C=O) groups is 1. The van der Waals surface area contributed by atoms with Crippen LogP contribution >= 0.6 is 0 Å². The van der Waals surface area contributed by atoms with Gasteiger partial charge in [0.15, 0.2) is 0 Å². The molecule has 19 heavy (non-hydrogen) atoms. The van der Waals surface area contributed by atoms with Crippen LogP contribution in [0.25, 0.3) is 0 Å². The van der Waals surface area contributed by atoms with E-state index in [2.05, 4.69) is 30.9 Å². The molecule has 2 atom stereocenters. The van der Waals surface area contributed by atoms with Crippen LogP contribution in [0.4, 0.5) is 0 Å². The standard InChI is InChI=1S/C15H22N2O2/c1-11(2)13(12-6-4-3-5-7-12)17-9-8-15(16,10-17)14(18)19/h3-7,11,13H,8-10,16H2,1-2H3,(H,18,19). The Hall–Kier alpha value is -1.39. The highest BCUT2D eigenvalue weighted by molar-refractivity contribution is 5.79. The predicted octanol–water partition coefficient (Wildman–Crippen LogP) is 1.87. The zero-order valence-corrected chi connectivity index (χ0v) is 11.5. The van der Waals surface area contributed by atoms with E-state index in [1.807, 2.05) is 18.2 Å². The van der Waals surface area contributed by atoms with Gasteiger partial charge >= 0.3 is 5.97 Å². The number of aliphatic carboxylic acids is 1. The normalized spacial score (nSPS) is 25.7. The van der Waals surface area contributed by atoms with Gasteiger partial charge in [-0.15, -0.1) is 0 Å². The van der Waals surface area contributed by atoms with Crippen LogP contribution in [0.5, 0.6) is 0 Å². The number of nitrogens with two attached hydrogens (primary N) is 1. The SMILES string of the molecule is CC(C)C(c1ccccc1)N1CCC(N)(C(=O)O)C1. The highest BCUT2D eigenvalue weighted by atomic mass is 16.4. The molecule has 3 N–H and O–H groups in total. The maximum absolute atomic E-state index is 11.2. The second kappa shape index (κ2) is 5.31. The van der Waals surface area contributed by atoms with Crippen molar-refractivity contribution in [2.45, 2.75) is 31.8 Å². The molecule has 0 aromatic heterocycles. The van der Waals surface area contributed by atoms with Crippen LogP contribution in [0.2, 0.25) is 0 Å². The molecule has 104 valence electrons. The average Bonchev–Trinajstić information content (AvgIpc) is 2.74. The molecule has 0 bridgehead atoms. The van der Waals surface area contributed by atoms with E-state index in [0.29, 0.717) is 18.9 Å². The molecule has 1 aliphatic rings. The van der Waals surface area contributed by atoms with Gasteiger partial charge in [-0.3, -0.25) is 9.69 Å². The number of hydrogen-bond acceptors (Lipinski definition) is 3. The van der Waals surface area contributed by atoms with Gasteiger partial charge < -0.3 is 10.8 Å². The zero-order chi connectivity index (χ0) is 14.0. The largest absolute Gasteiger partial charge is 0.480 e. The van der Waals surface area contributed by atoms with Crippen LogP contribution in [0, 0.1) is 5.92 Å². The first kappa shape index (κ1) is 14.0. The lowest BCUT2D eigenvalue weighted by Crippen LogP contribution is -2.50. The van der Waals surface area contributed by atoms with Crippen molar-refractivity contribution in [3.05, 3.63) is 35.9 Å². The molecule has 0 aliphatic carbocycles. The van der Waals surface area contributed by atoms with E-state index in [0.717, 1.165) is 6.54 Å². The number of hydrogen-bond donors (Lipinski definition) is 2. The molecule has 1 aromatic rings. The second-order valence-electron chi connectivity index (χ2n) is 5.78. The Balaban J connectivity index is 2.21. The molecule has 0 saturated carbocycles. The zero-order valence-electron chi connectivity index (χ0n) is 11.5. The summed E-state index contributed by atoms with van der Waals surface area (Å²) in [6.45, 7) is 5.48. The summed E-state index contributed by atoms with van der Waals surface area (Å²) in [6.07, 6.45) is 0.512. The second-order valence-corrected chi connectivity index (χ2v) is 5.78. The molecule has 1 fully saturated rings. The van der Waals surface area contributed by atoms with Crippen molar-refractivity contribution in [1.82, 2.24) is 4.90 Å². The average molecular weight is 262 g/mol. The summed E-state index contributed by atoms with van der Waals surface area (Å²) < 4.78 is 0. The molecule has 4 nitrogen and oxygen atoms in total. The van der Waals surface area contributed by atoms with Gasteiger partial charge in [0, 0.05) is 19.1 Å². The fourth-order valence-electron chi connectivity index (χ4n) is 2.94. The van der Waals surface area contributed by atoms with Crippen molar-refractivity contribution in [3.63, 3.8) is 0 Å². The molecule has 2 rings (SSSR count). The molecule has 0 amide bonds. The van der Waals surface area contributed by atoms with Gasteiger partial charge in [-0.25, -0.2) is 0 Å². The lowest BCUT2D eigenvalue weighted by molar-refractivity contribution is -0.142. The van der Waals surface area contributed by atoms with Crippen LogP contribution < -0.4 is 5.73 Å². The summed E-state index contributed by atoms with van der Waals surface area (Å²) in [5.41, 5.74) is 6.10. The first-order valence-electron chi connectivity index (χ1n) is 6.75. The Bertz CT molecular complexity index is 447. The van der Waals surface area contributed by atoms with Crippen molar-refractivity contribution >= 4 is 5.97 Å². The summed E-state index contributed by atoms with van der Waals surface area (Å²) in [5.74, 6) is -0.482. The van der Waals surface area contributed by atoms with Crippen molar-refractivity contribution in [3.8, 4) is 0 Å². The topological polar surface area (TPSA) is 66.6 Å². The molecule has 4 heteroatoms. The number of benzene rings is 1. The first-order chi connectivity index (χ1) is 8.94. The van der Waals surface area contributed by atoms with Gasteiger partial charge in [0.2, 0.25) is 0 Å². The minimum atomic E-state index is -1.10. The van der Waals surface area contributed by atoms with Crippen molar-refractivity contribution in [1.29, 1.82) is 0 Å². The maximum atomic E-state index is 11.2. The molecular weight excluding hydrogens is 240 g/mol. The van der Waals surface area contributed by atoms with Crippen LogP contribution in [0.15, 0.2) is 30.3 Å². The molecule has 1 saturated heterocycles. The molecule has 0 radical (unpaired) electrons. The quantitative estimate of drug-likeness (QED) is 0.869. The van der Waals surface area contributed by atoms with E-state index in [1.54, 1.807) is 0 Å². The molecule has 0 spiro atoms. The Morgan fingerprint density at radius 2 is 2.00 bits per heavy atom. The van der Waals surface area contributed by atoms with E-state index >= 15 is 0 Å². The summed E-state index contributed by atoms with van der Waals surface area (Å²) in [4.78, 5) is 13.4. The van der Waals surface area contributed by atoms with Gasteiger partial charge in [0.25, 0.3) is 0 Å². The number of rotatable bonds is 4. The number of carboxylic acids is 1. The van der Waals surface area contributed by atoms with Crippen LogP contribution in [-0.4, -0.2) is 34.6 Å². The van der Waals surface area contributed by atoms with E-state index in [-0.39, 0.29) is 6.04 Å². The minimum Gasteiger partial charge on any atom is -0.480 e. The fourth-order valence-corrected chi connectivity index (χ4v) is 2.94. The van der Waals surface area contributed by atoms with Gasteiger partial charge in [0.1, 0.15) is 5.54 Å². The molecule has 1 aliphatic heterocycles. The third-order valence-corrected chi connectivity index (χ3v) is 3.92. The third-order valence-electron chi connectivity index (χ3n) is 3.92. The summed E-state index contributed by atoms with van der Waals surface area (Å²) >= 11 is 0. The van der Waals surface area contributed by atoms with Gasteiger partial charge in [-0.2, -0.15) is 0 Å². The lowest BCUT2D eigenvalue weighted by Gasteiger charge is -2.32. The highest BCUT2D eigenvalue weighted by Crippen LogP contribution is 2.33. The van der Waals surface area contributed by atoms with Crippen LogP contribution in [-0.2, 0) is 4.79 Å². The molecular formula is C15H22N2O2. The highest BCUT2D eigenvalue weighted by Gasteiger charge is 2.43. The third kappa shape index (κ3) is 2.80. The summed E-state index contributed by atoms with van der Waals surface area (Å²) in [6, 6.07) is 10.5. The predicted molar refractivity (Wildman–Crippen MR) is 74.8 cm³/mol. The summed E-state index contributed by atoms with van der Waals surface area (Å²) in [5, 5.41) is 9.23. The van der Waals surface area contributed by atoms with Crippen LogP contribution in [0.1, 0.15) is 31.9 Å². The first-order valence-corrected chi connectivity index (χ1v) is 6.75. The van der Waals surface area contributed by atoms with Crippen molar-refractivity contribution in [2.75, 3.05) is 13.1 Å². The van der Waals surface area contributed by atoms with E-state index in [1.165, 1.54) is 5.56 Å². The van der Waals surface area contributed by atoms with Crippen molar-refractivity contribution < 1.29 is 9.90 Å². The monoisotopic (exact) mass is 262 g/mol. The Labute approximate surface area is 114 Å².